The highest BCUT2D eigenvalue weighted by atomic mass is 35.5. The molecule has 2 N–H and O–H groups in total. The van der Waals surface area contributed by atoms with Crippen molar-refractivity contribution >= 4 is 28.2 Å². The van der Waals surface area contributed by atoms with Crippen LogP contribution in [0.2, 0.25) is 5.02 Å². The predicted molar refractivity (Wildman–Crippen MR) is 64.3 cm³/mol. The highest BCUT2D eigenvalue weighted by Crippen LogP contribution is 2.23. The van der Waals surface area contributed by atoms with Gasteiger partial charge in [-0.3, -0.25) is 4.98 Å². The zero-order valence-corrected chi connectivity index (χ0v) is 9.17. The van der Waals surface area contributed by atoms with E-state index in [4.69, 9.17) is 11.6 Å². The molecule has 0 amide bonds. The Bertz CT molecular complexity index is 470. The molecule has 0 spiro atoms. The van der Waals surface area contributed by atoms with E-state index in [1.54, 1.807) is 6.20 Å². The number of halogens is 1. The molecule has 0 atom stereocenters. The van der Waals surface area contributed by atoms with E-state index >= 15 is 0 Å². The van der Waals surface area contributed by atoms with Gasteiger partial charge in [-0.05, 0) is 31.3 Å². The third-order valence-corrected chi connectivity index (χ3v) is 2.40. The van der Waals surface area contributed by atoms with Gasteiger partial charge in [0, 0.05) is 22.3 Å². The van der Waals surface area contributed by atoms with Crippen LogP contribution in [0.1, 0.15) is 0 Å². The van der Waals surface area contributed by atoms with Crippen LogP contribution >= 0.6 is 11.6 Å². The molecular weight excluding hydrogens is 210 g/mol. The largest absolute Gasteiger partial charge is 0.372 e. The topological polar surface area (TPSA) is 37.0 Å². The number of nitrogens with zero attached hydrogens (tertiary/aromatic N) is 1. The van der Waals surface area contributed by atoms with Crippen molar-refractivity contribution in [2.24, 2.45) is 0 Å². The van der Waals surface area contributed by atoms with Crippen LogP contribution in [0.25, 0.3) is 10.9 Å². The SMILES string of the molecule is CNCNc1ccnc2cc(Cl)ccc12. The molecule has 0 saturated heterocycles. The summed E-state index contributed by atoms with van der Waals surface area (Å²) in [6, 6.07) is 7.66. The van der Waals surface area contributed by atoms with Crippen molar-refractivity contribution in [1.82, 2.24) is 10.3 Å². The highest BCUT2D eigenvalue weighted by molar-refractivity contribution is 6.31. The maximum absolute atomic E-state index is 5.90. The van der Waals surface area contributed by atoms with Gasteiger partial charge in [-0.15, -0.1) is 0 Å². The van der Waals surface area contributed by atoms with Crippen molar-refractivity contribution < 1.29 is 0 Å². The average Bonchev–Trinajstić information content (AvgIpc) is 2.25. The normalized spacial score (nSPS) is 10.5. The van der Waals surface area contributed by atoms with Crippen molar-refractivity contribution in [3.63, 3.8) is 0 Å². The number of fused-ring (bicyclic) bond motifs is 1. The number of hydrogen-bond acceptors (Lipinski definition) is 3. The third-order valence-electron chi connectivity index (χ3n) is 2.16. The van der Waals surface area contributed by atoms with Crippen LogP contribution < -0.4 is 10.6 Å². The molecule has 4 heteroatoms. The number of anilines is 1. The first-order valence-corrected chi connectivity index (χ1v) is 5.12. The van der Waals surface area contributed by atoms with Crippen molar-refractivity contribution in [1.29, 1.82) is 0 Å². The molecule has 0 bridgehead atoms. The second-order valence-electron chi connectivity index (χ2n) is 3.23. The van der Waals surface area contributed by atoms with Crippen LogP contribution in [0.5, 0.6) is 0 Å². The molecule has 78 valence electrons. The van der Waals surface area contributed by atoms with Crippen LogP contribution in [0, 0.1) is 0 Å². The lowest BCUT2D eigenvalue weighted by molar-refractivity contribution is 0.875. The maximum Gasteiger partial charge on any atom is 0.0737 e. The van der Waals surface area contributed by atoms with Gasteiger partial charge in [0.05, 0.1) is 12.2 Å². The van der Waals surface area contributed by atoms with E-state index in [-0.39, 0.29) is 0 Å². The Kier molecular flexibility index (Phi) is 3.04. The molecule has 1 heterocycles. The number of benzene rings is 1. The van der Waals surface area contributed by atoms with Crippen LogP contribution in [-0.4, -0.2) is 18.7 Å². The van der Waals surface area contributed by atoms with Crippen molar-refractivity contribution in [3.8, 4) is 0 Å². The number of rotatable bonds is 3. The van der Waals surface area contributed by atoms with Gasteiger partial charge in [0.2, 0.25) is 0 Å². The van der Waals surface area contributed by atoms with Gasteiger partial charge < -0.3 is 10.6 Å². The van der Waals surface area contributed by atoms with Crippen molar-refractivity contribution in [2.75, 3.05) is 19.0 Å². The van der Waals surface area contributed by atoms with Gasteiger partial charge in [0.15, 0.2) is 0 Å². The second kappa shape index (κ2) is 4.47. The number of pyridine rings is 1. The van der Waals surface area contributed by atoms with Gasteiger partial charge in [0.1, 0.15) is 0 Å². The molecule has 0 radical (unpaired) electrons. The van der Waals surface area contributed by atoms with Gasteiger partial charge in [-0.1, -0.05) is 11.6 Å². The first-order valence-electron chi connectivity index (χ1n) is 4.74. The monoisotopic (exact) mass is 221 g/mol. The van der Waals surface area contributed by atoms with Crippen molar-refractivity contribution in [2.45, 2.75) is 0 Å². The summed E-state index contributed by atoms with van der Waals surface area (Å²) in [5.41, 5.74) is 1.97. The predicted octanol–water partition coefficient (Wildman–Crippen LogP) is 2.48. The fourth-order valence-corrected chi connectivity index (χ4v) is 1.63. The minimum absolute atomic E-state index is 0.709. The number of hydrogen-bond donors (Lipinski definition) is 2. The van der Waals surface area contributed by atoms with Crippen LogP contribution in [0.15, 0.2) is 30.5 Å². The standard InChI is InChI=1S/C11H12ClN3/c1-13-7-15-10-4-5-14-11-6-8(12)2-3-9(10)11/h2-6,13H,7H2,1H3,(H,14,15). The van der Waals surface area contributed by atoms with Gasteiger partial charge >= 0.3 is 0 Å². The number of nitrogens with one attached hydrogen (secondary N) is 2. The lowest BCUT2D eigenvalue weighted by Gasteiger charge is -2.08. The van der Waals surface area contributed by atoms with E-state index in [0.29, 0.717) is 5.02 Å². The summed E-state index contributed by atoms with van der Waals surface area (Å²) in [5.74, 6) is 0. The quantitative estimate of drug-likeness (QED) is 0.782. The summed E-state index contributed by atoms with van der Waals surface area (Å²) < 4.78 is 0. The van der Waals surface area contributed by atoms with E-state index in [1.165, 1.54) is 0 Å². The molecule has 15 heavy (non-hydrogen) atoms. The summed E-state index contributed by atoms with van der Waals surface area (Å²) in [6.45, 7) is 0.724. The van der Waals surface area contributed by atoms with Gasteiger partial charge in [-0.2, -0.15) is 0 Å². The average molecular weight is 222 g/mol. The molecule has 0 unspecified atom stereocenters. The molecular formula is C11H12ClN3. The van der Waals surface area contributed by atoms with Crippen LogP contribution in [0.4, 0.5) is 5.69 Å². The van der Waals surface area contributed by atoms with Crippen LogP contribution in [-0.2, 0) is 0 Å². The van der Waals surface area contributed by atoms with E-state index in [2.05, 4.69) is 15.6 Å². The lowest BCUT2D eigenvalue weighted by atomic mass is 10.2. The van der Waals surface area contributed by atoms with E-state index < -0.39 is 0 Å². The molecule has 0 saturated carbocycles. The first-order chi connectivity index (χ1) is 7.31. The molecule has 2 rings (SSSR count). The Hall–Kier alpha value is -1.32. The zero-order valence-electron chi connectivity index (χ0n) is 8.42. The summed E-state index contributed by atoms with van der Waals surface area (Å²) in [7, 11) is 1.90. The lowest BCUT2D eigenvalue weighted by Crippen LogP contribution is -2.16. The maximum atomic E-state index is 5.90. The minimum Gasteiger partial charge on any atom is -0.372 e. The van der Waals surface area contributed by atoms with Crippen molar-refractivity contribution in [3.05, 3.63) is 35.5 Å². The number of aromatic nitrogens is 1. The third kappa shape index (κ3) is 2.19. The summed E-state index contributed by atoms with van der Waals surface area (Å²) in [6.07, 6.45) is 1.77. The molecule has 0 aliphatic rings. The highest BCUT2D eigenvalue weighted by Gasteiger charge is 2.01. The van der Waals surface area contributed by atoms with E-state index in [1.807, 2.05) is 31.3 Å². The molecule has 1 aromatic carbocycles. The fourth-order valence-electron chi connectivity index (χ4n) is 1.46. The Balaban J connectivity index is 2.46. The summed E-state index contributed by atoms with van der Waals surface area (Å²) >= 11 is 5.90. The first kappa shape index (κ1) is 10.2. The molecule has 1 aromatic heterocycles. The summed E-state index contributed by atoms with van der Waals surface area (Å²) in [5, 5.41) is 8.09. The Morgan fingerprint density at radius 3 is 3.00 bits per heavy atom. The van der Waals surface area contributed by atoms with E-state index in [9.17, 15) is 0 Å². The molecule has 0 aliphatic carbocycles. The Morgan fingerprint density at radius 1 is 1.33 bits per heavy atom. The van der Waals surface area contributed by atoms with Gasteiger partial charge in [0.25, 0.3) is 0 Å². The zero-order chi connectivity index (χ0) is 10.7. The van der Waals surface area contributed by atoms with Gasteiger partial charge in [-0.25, -0.2) is 0 Å². The van der Waals surface area contributed by atoms with E-state index in [0.717, 1.165) is 23.3 Å². The minimum atomic E-state index is 0.709. The Morgan fingerprint density at radius 2 is 2.20 bits per heavy atom. The Labute approximate surface area is 93.5 Å². The fraction of sp³-hybridized carbons (Fsp3) is 0.182. The summed E-state index contributed by atoms with van der Waals surface area (Å²) in [4.78, 5) is 4.27. The smallest absolute Gasteiger partial charge is 0.0737 e. The molecule has 3 nitrogen and oxygen atoms in total. The van der Waals surface area contributed by atoms with Crippen LogP contribution in [0.3, 0.4) is 0 Å². The molecule has 0 aliphatic heterocycles. The molecule has 2 aromatic rings. The second-order valence-corrected chi connectivity index (χ2v) is 3.66. The molecule has 0 fully saturated rings.